The van der Waals surface area contributed by atoms with Crippen LogP contribution in [0.3, 0.4) is 0 Å². The van der Waals surface area contributed by atoms with Crippen molar-refractivity contribution in [2.75, 3.05) is 0 Å². The first-order valence-corrected chi connectivity index (χ1v) is 5.13. The monoisotopic (exact) mass is 214 g/mol. The number of fused-ring (bicyclic) bond motifs is 2. The summed E-state index contributed by atoms with van der Waals surface area (Å²) in [6.07, 6.45) is 0. The molecular weight excluding hydrogens is 204 g/mol. The first-order chi connectivity index (χ1) is 7.75. The van der Waals surface area contributed by atoms with Crippen molar-refractivity contribution >= 4 is 0 Å². The lowest BCUT2D eigenvalue weighted by Crippen LogP contribution is -2.40. The van der Waals surface area contributed by atoms with Crippen LogP contribution in [0.4, 0.5) is 0 Å². The van der Waals surface area contributed by atoms with E-state index in [0.29, 0.717) is 13.1 Å². The third kappa shape index (κ3) is 1.23. The van der Waals surface area contributed by atoms with Crippen molar-refractivity contribution in [1.29, 1.82) is 0 Å². The summed E-state index contributed by atoms with van der Waals surface area (Å²) in [5, 5.41) is 0. The third-order valence-electron chi connectivity index (χ3n) is 2.93. The van der Waals surface area contributed by atoms with Gasteiger partial charge in [-0.25, -0.2) is 9.36 Å². The summed E-state index contributed by atoms with van der Waals surface area (Å²) in [6.45, 7) is 0.955. The molecule has 3 rings (SSSR count). The predicted molar refractivity (Wildman–Crippen MR) is 59.6 cm³/mol. The predicted octanol–water partition coefficient (Wildman–Crippen LogP) is 0.420. The summed E-state index contributed by atoms with van der Waals surface area (Å²) in [4.78, 5) is 23.3. The second kappa shape index (κ2) is 3.20. The fraction of sp³-hybridized carbons (Fsp3) is 0.167. The number of aromatic nitrogens is 2. The van der Waals surface area contributed by atoms with Gasteiger partial charge in [0.1, 0.15) is 0 Å². The molecule has 80 valence electrons. The zero-order valence-electron chi connectivity index (χ0n) is 8.59. The van der Waals surface area contributed by atoms with E-state index in [2.05, 4.69) is 0 Å². The van der Waals surface area contributed by atoms with E-state index in [1.807, 2.05) is 24.3 Å². The van der Waals surface area contributed by atoms with Crippen LogP contribution in [0.2, 0.25) is 0 Å². The molecule has 1 aliphatic rings. The van der Waals surface area contributed by atoms with Gasteiger partial charge < -0.3 is 0 Å². The van der Waals surface area contributed by atoms with E-state index in [0.717, 1.165) is 11.1 Å². The summed E-state index contributed by atoms with van der Waals surface area (Å²) < 4.78 is 2.98. The molecule has 0 bridgehead atoms. The Labute approximate surface area is 91.4 Å². The highest BCUT2D eigenvalue weighted by Gasteiger charge is 2.15. The fourth-order valence-electron chi connectivity index (χ4n) is 2.07. The minimum atomic E-state index is -0.130. The van der Waals surface area contributed by atoms with Crippen LogP contribution in [-0.4, -0.2) is 9.36 Å². The van der Waals surface area contributed by atoms with E-state index in [1.165, 1.54) is 21.5 Å². The van der Waals surface area contributed by atoms with E-state index >= 15 is 0 Å². The summed E-state index contributed by atoms with van der Waals surface area (Å²) in [5.41, 5.74) is 1.95. The Hall–Kier alpha value is -2.10. The van der Waals surface area contributed by atoms with Gasteiger partial charge in [0.2, 0.25) is 0 Å². The van der Waals surface area contributed by atoms with Gasteiger partial charge in [0.15, 0.2) is 0 Å². The van der Waals surface area contributed by atoms with Crippen molar-refractivity contribution in [2.24, 2.45) is 0 Å². The Morgan fingerprint density at radius 3 is 1.62 bits per heavy atom. The SMILES string of the molecule is O=c1ccc(=O)n2n1Cc1ccccc1C2. The normalized spacial score (nSPS) is 13.0. The van der Waals surface area contributed by atoms with Crippen LogP contribution in [0.15, 0.2) is 46.0 Å². The Morgan fingerprint density at radius 2 is 1.19 bits per heavy atom. The number of hydrogen-bond acceptors (Lipinski definition) is 2. The molecule has 0 saturated heterocycles. The maximum absolute atomic E-state index is 11.6. The van der Waals surface area contributed by atoms with Gasteiger partial charge in [0.05, 0.1) is 13.1 Å². The van der Waals surface area contributed by atoms with Crippen LogP contribution < -0.4 is 11.1 Å². The lowest BCUT2D eigenvalue weighted by atomic mass is 10.1. The fourth-order valence-corrected chi connectivity index (χ4v) is 2.07. The summed E-state index contributed by atoms with van der Waals surface area (Å²) in [7, 11) is 0. The second-order valence-electron chi connectivity index (χ2n) is 3.89. The highest BCUT2D eigenvalue weighted by molar-refractivity contribution is 5.29. The van der Waals surface area contributed by atoms with E-state index in [9.17, 15) is 9.59 Å². The largest absolute Gasteiger partial charge is 0.268 e. The van der Waals surface area contributed by atoms with Gasteiger partial charge in [-0.1, -0.05) is 24.3 Å². The highest BCUT2D eigenvalue weighted by Crippen LogP contribution is 2.14. The Morgan fingerprint density at radius 1 is 0.750 bits per heavy atom. The van der Waals surface area contributed by atoms with Crippen molar-refractivity contribution in [2.45, 2.75) is 13.1 Å². The molecule has 16 heavy (non-hydrogen) atoms. The topological polar surface area (TPSA) is 44.0 Å². The molecule has 2 heterocycles. The Kier molecular flexibility index (Phi) is 1.83. The van der Waals surface area contributed by atoms with Gasteiger partial charge in [-0.3, -0.25) is 9.59 Å². The van der Waals surface area contributed by atoms with Crippen molar-refractivity contribution in [3.05, 3.63) is 68.2 Å². The number of hydrogen-bond donors (Lipinski definition) is 0. The molecule has 1 aromatic carbocycles. The molecule has 0 saturated carbocycles. The van der Waals surface area contributed by atoms with Gasteiger partial charge in [-0.15, -0.1) is 0 Å². The zero-order chi connectivity index (χ0) is 11.1. The standard InChI is InChI=1S/C12H10N2O2/c15-11-5-6-12(16)14-8-10-4-2-1-3-9(10)7-13(11)14/h1-6H,7-8H2. The lowest BCUT2D eigenvalue weighted by Gasteiger charge is -2.22. The van der Waals surface area contributed by atoms with Gasteiger partial charge in [-0.2, -0.15) is 0 Å². The van der Waals surface area contributed by atoms with E-state index < -0.39 is 0 Å². The molecule has 0 atom stereocenters. The quantitative estimate of drug-likeness (QED) is 0.544. The van der Waals surface area contributed by atoms with Gasteiger partial charge in [-0.05, 0) is 11.1 Å². The molecule has 0 aliphatic carbocycles. The summed E-state index contributed by atoms with van der Waals surface area (Å²) in [6, 6.07) is 10.5. The number of rotatable bonds is 0. The Bertz CT molecular complexity index is 609. The van der Waals surface area contributed by atoms with Crippen LogP contribution >= 0.6 is 0 Å². The Balaban J connectivity index is 2.27. The molecule has 1 aliphatic heterocycles. The van der Waals surface area contributed by atoms with E-state index in [-0.39, 0.29) is 11.1 Å². The number of nitrogens with zero attached hydrogens (tertiary/aromatic N) is 2. The molecule has 0 radical (unpaired) electrons. The zero-order valence-corrected chi connectivity index (χ0v) is 8.59. The van der Waals surface area contributed by atoms with Gasteiger partial charge in [0, 0.05) is 12.1 Å². The minimum absolute atomic E-state index is 0.130. The molecular formula is C12H10N2O2. The lowest BCUT2D eigenvalue weighted by molar-refractivity contribution is 0.438. The van der Waals surface area contributed by atoms with Gasteiger partial charge in [0.25, 0.3) is 11.1 Å². The second-order valence-corrected chi connectivity index (χ2v) is 3.89. The van der Waals surface area contributed by atoms with Gasteiger partial charge >= 0.3 is 0 Å². The average molecular weight is 214 g/mol. The first kappa shape index (κ1) is 9.15. The maximum atomic E-state index is 11.6. The van der Waals surface area contributed by atoms with E-state index in [1.54, 1.807) is 0 Å². The molecule has 2 aromatic rings. The van der Waals surface area contributed by atoms with Crippen LogP contribution in [0.5, 0.6) is 0 Å². The van der Waals surface area contributed by atoms with Crippen LogP contribution in [0.1, 0.15) is 11.1 Å². The van der Waals surface area contributed by atoms with Crippen molar-refractivity contribution in [3.63, 3.8) is 0 Å². The van der Waals surface area contributed by atoms with Crippen LogP contribution in [-0.2, 0) is 13.1 Å². The smallest absolute Gasteiger partial charge is 0.265 e. The highest BCUT2D eigenvalue weighted by atomic mass is 16.2. The minimum Gasteiger partial charge on any atom is -0.268 e. The van der Waals surface area contributed by atoms with Crippen molar-refractivity contribution in [3.8, 4) is 0 Å². The third-order valence-corrected chi connectivity index (χ3v) is 2.93. The molecule has 0 unspecified atom stereocenters. The first-order valence-electron chi connectivity index (χ1n) is 5.13. The van der Waals surface area contributed by atoms with Crippen LogP contribution in [0.25, 0.3) is 0 Å². The molecule has 4 nitrogen and oxygen atoms in total. The maximum Gasteiger partial charge on any atom is 0.265 e. The molecule has 4 heteroatoms. The molecule has 0 fully saturated rings. The van der Waals surface area contributed by atoms with E-state index in [4.69, 9.17) is 0 Å². The van der Waals surface area contributed by atoms with Crippen molar-refractivity contribution in [1.82, 2.24) is 9.36 Å². The summed E-state index contributed by atoms with van der Waals surface area (Å²) in [5.74, 6) is 0. The number of benzene rings is 1. The van der Waals surface area contributed by atoms with Crippen molar-refractivity contribution < 1.29 is 0 Å². The molecule has 1 aromatic heterocycles. The van der Waals surface area contributed by atoms with Crippen LogP contribution in [0, 0.1) is 0 Å². The summed E-state index contributed by atoms with van der Waals surface area (Å²) >= 11 is 0. The molecule has 0 N–H and O–H groups in total. The molecule has 0 spiro atoms. The molecule has 0 amide bonds. The average Bonchev–Trinajstić information content (AvgIpc) is 2.32.